The molecule has 28 heavy (non-hydrogen) atoms. The van der Waals surface area contributed by atoms with Crippen molar-refractivity contribution in [3.05, 3.63) is 35.9 Å². The van der Waals surface area contributed by atoms with Crippen molar-refractivity contribution in [1.29, 1.82) is 0 Å². The maximum atomic E-state index is 13.3. The van der Waals surface area contributed by atoms with Gasteiger partial charge in [-0.3, -0.25) is 9.69 Å². The average molecular weight is 406 g/mol. The third-order valence-corrected chi connectivity index (χ3v) is 7.08. The Bertz CT molecular complexity index is 632. The molecule has 1 N–H and O–H groups in total. The van der Waals surface area contributed by atoms with Crippen molar-refractivity contribution in [2.24, 2.45) is 5.92 Å². The molecule has 5 heteroatoms. The number of nitrogens with zero attached hydrogens (tertiary/aromatic N) is 2. The van der Waals surface area contributed by atoms with E-state index in [9.17, 15) is 4.79 Å². The van der Waals surface area contributed by atoms with Gasteiger partial charge in [-0.2, -0.15) is 0 Å². The van der Waals surface area contributed by atoms with Crippen LogP contribution in [0.15, 0.2) is 30.3 Å². The maximum Gasteiger partial charge on any atom is 0.225 e. The van der Waals surface area contributed by atoms with E-state index in [0.29, 0.717) is 11.9 Å². The molecule has 1 aromatic rings. The predicted molar refractivity (Wildman–Crippen MR) is 117 cm³/mol. The molecule has 0 aromatic heterocycles. The van der Waals surface area contributed by atoms with Gasteiger partial charge in [-0.05, 0) is 44.7 Å². The van der Waals surface area contributed by atoms with E-state index in [-0.39, 0.29) is 23.9 Å². The van der Waals surface area contributed by atoms with Gasteiger partial charge in [-0.1, -0.05) is 49.6 Å². The Balaban J connectivity index is 0.00000225. The molecule has 1 spiro atoms. The SMILES string of the molecule is C[C@H]1C[C@@H](C(=O)N2CCN(Cc3ccccc3)C3(CCCCC3)C2)CCN1.Cl. The molecule has 1 amide bonds. The molecule has 2 atom stereocenters. The van der Waals surface area contributed by atoms with E-state index in [2.05, 4.69) is 52.4 Å². The van der Waals surface area contributed by atoms with Gasteiger partial charge in [0.05, 0.1) is 0 Å². The van der Waals surface area contributed by atoms with Crippen LogP contribution in [0.1, 0.15) is 57.4 Å². The lowest BCUT2D eigenvalue weighted by Gasteiger charge is -2.53. The molecule has 2 saturated heterocycles. The monoisotopic (exact) mass is 405 g/mol. The Kier molecular flexibility index (Phi) is 7.41. The van der Waals surface area contributed by atoms with Gasteiger partial charge in [0.1, 0.15) is 0 Å². The molecule has 0 radical (unpaired) electrons. The van der Waals surface area contributed by atoms with Crippen LogP contribution in [0.25, 0.3) is 0 Å². The first-order valence-corrected chi connectivity index (χ1v) is 11.0. The molecule has 4 rings (SSSR count). The Morgan fingerprint density at radius 2 is 1.89 bits per heavy atom. The standard InChI is InChI=1S/C23H35N3O.ClH/c1-19-16-21(10-13-24-19)22(27)25-14-15-26(17-20-8-4-2-5-9-20)23(18-25)11-6-3-7-12-23;/h2,4-5,8-9,19,21,24H,3,6-7,10-18H2,1H3;1H/t19-,21-;/m0./s1. The highest BCUT2D eigenvalue weighted by Crippen LogP contribution is 2.38. The third kappa shape index (κ3) is 4.72. The topological polar surface area (TPSA) is 35.6 Å². The van der Waals surface area contributed by atoms with Crippen LogP contribution in [0, 0.1) is 5.92 Å². The van der Waals surface area contributed by atoms with Gasteiger partial charge in [0.25, 0.3) is 0 Å². The summed E-state index contributed by atoms with van der Waals surface area (Å²) in [5.74, 6) is 0.648. The Labute approximate surface area is 176 Å². The fraction of sp³-hybridized carbons (Fsp3) is 0.696. The van der Waals surface area contributed by atoms with Crippen LogP contribution < -0.4 is 5.32 Å². The van der Waals surface area contributed by atoms with Crippen molar-refractivity contribution in [3.63, 3.8) is 0 Å². The van der Waals surface area contributed by atoms with Gasteiger partial charge in [-0.25, -0.2) is 0 Å². The number of carbonyl (C=O) groups is 1. The quantitative estimate of drug-likeness (QED) is 0.829. The van der Waals surface area contributed by atoms with Gasteiger partial charge in [0.2, 0.25) is 5.91 Å². The molecule has 3 aliphatic rings. The highest BCUT2D eigenvalue weighted by Gasteiger charge is 2.44. The van der Waals surface area contributed by atoms with Gasteiger partial charge >= 0.3 is 0 Å². The number of benzene rings is 1. The average Bonchev–Trinajstić information content (AvgIpc) is 2.70. The summed E-state index contributed by atoms with van der Waals surface area (Å²) in [4.78, 5) is 18.2. The summed E-state index contributed by atoms with van der Waals surface area (Å²) < 4.78 is 0. The summed E-state index contributed by atoms with van der Waals surface area (Å²) in [5.41, 5.74) is 1.59. The maximum absolute atomic E-state index is 13.3. The van der Waals surface area contributed by atoms with Crippen LogP contribution in [0.3, 0.4) is 0 Å². The molecule has 156 valence electrons. The third-order valence-electron chi connectivity index (χ3n) is 7.08. The number of nitrogens with one attached hydrogen (secondary N) is 1. The lowest BCUT2D eigenvalue weighted by molar-refractivity contribution is -0.144. The number of halogens is 1. The van der Waals surface area contributed by atoms with Crippen molar-refractivity contribution in [3.8, 4) is 0 Å². The van der Waals surface area contributed by atoms with Crippen molar-refractivity contribution < 1.29 is 4.79 Å². The minimum atomic E-state index is 0. The minimum Gasteiger partial charge on any atom is -0.339 e. The van der Waals surface area contributed by atoms with Gasteiger partial charge < -0.3 is 10.2 Å². The van der Waals surface area contributed by atoms with E-state index in [1.54, 1.807) is 0 Å². The first-order chi connectivity index (χ1) is 13.2. The number of piperidine rings is 1. The molecular weight excluding hydrogens is 370 g/mol. The number of hydrogen-bond acceptors (Lipinski definition) is 3. The summed E-state index contributed by atoms with van der Waals surface area (Å²) in [6.45, 7) is 7.06. The summed E-state index contributed by atoms with van der Waals surface area (Å²) in [6, 6.07) is 11.3. The Morgan fingerprint density at radius 1 is 1.14 bits per heavy atom. The molecule has 0 bridgehead atoms. The number of amides is 1. The molecule has 1 aliphatic carbocycles. The van der Waals surface area contributed by atoms with Crippen molar-refractivity contribution in [2.45, 2.75) is 70.0 Å². The van der Waals surface area contributed by atoms with Crippen molar-refractivity contribution >= 4 is 18.3 Å². The van der Waals surface area contributed by atoms with Crippen LogP contribution >= 0.6 is 12.4 Å². The highest BCUT2D eigenvalue weighted by atomic mass is 35.5. The zero-order chi connectivity index (χ0) is 18.7. The van der Waals surface area contributed by atoms with Gasteiger partial charge in [0.15, 0.2) is 0 Å². The second-order valence-corrected chi connectivity index (χ2v) is 9.03. The molecule has 1 aromatic carbocycles. The summed E-state index contributed by atoms with van der Waals surface area (Å²) in [7, 11) is 0. The van der Waals surface area contributed by atoms with E-state index in [4.69, 9.17) is 0 Å². The molecule has 2 aliphatic heterocycles. The van der Waals surface area contributed by atoms with Crippen LogP contribution in [0.5, 0.6) is 0 Å². The van der Waals surface area contributed by atoms with Gasteiger partial charge in [-0.15, -0.1) is 12.4 Å². The van der Waals surface area contributed by atoms with Crippen LogP contribution in [-0.2, 0) is 11.3 Å². The Morgan fingerprint density at radius 3 is 2.61 bits per heavy atom. The minimum absolute atomic E-state index is 0. The largest absolute Gasteiger partial charge is 0.339 e. The zero-order valence-electron chi connectivity index (χ0n) is 17.2. The van der Waals surface area contributed by atoms with Crippen LogP contribution in [0.4, 0.5) is 0 Å². The zero-order valence-corrected chi connectivity index (χ0v) is 18.1. The highest BCUT2D eigenvalue weighted by molar-refractivity contribution is 5.85. The van der Waals surface area contributed by atoms with E-state index in [1.807, 2.05) is 0 Å². The number of carbonyl (C=O) groups excluding carboxylic acids is 1. The molecule has 3 fully saturated rings. The summed E-state index contributed by atoms with van der Waals surface area (Å²) in [5, 5.41) is 3.48. The molecule has 2 heterocycles. The predicted octanol–water partition coefficient (Wildman–Crippen LogP) is 3.84. The number of piperazine rings is 1. The number of hydrogen-bond donors (Lipinski definition) is 1. The van der Waals surface area contributed by atoms with Crippen molar-refractivity contribution in [1.82, 2.24) is 15.1 Å². The Hall–Kier alpha value is -1.10. The normalized spacial score (nSPS) is 28.0. The van der Waals surface area contributed by atoms with Crippen LogP contribution in [0.2, 0.25) is 0 Å². The fourth-order valence-electron chi connectivity index (χ4n) is 5.55. The first kappa shape index (κ1) is 21.6. The molecule has 1 saturated carbocycles. The van der Waals surface area contributed by atoms with E-state index >= 15 is 0 Å². The smallest absolute Gasteiger partial charge is 0.225 e. The number of rotatable bonds is 3. The summed E-state index contributed by atoms with van der Waals surface area (Å²) in [6.07, 6.45) is 8.44. The first-order valence-electron chi connectivity index (χ1n) is 11.0. The molecule has 4 nitrogen and oxygen atoms in total. The van der Waals surface area contributed by atoms with E-state index < -0.39 is 0 Å². The lowest BCUT2D eigenvalue weighted by Crippen LogP contribution is -2.64. The van der Waals surface area contributed by atoms with E-state index in [0.717, 1.165) is 45.6 Å². The summed E-state index contributed by atoms with van der Waals surface area (Å²) >= 11 is 0. The van der Waals surface area contributed by atoms with E-state index in [1.165, 1.54) is 37.7 Å². The second kappa shape index (κ2) is 9.60. The molecule has 0 unspecified atom stereocenters. The lowest BCUT2D eigenvalue weighted by atomic mass is 9.78. The second-order valence-electron chi connectivity index (χ2n) is 9.03. The van der Waals surface area contributed by atoms with Crippen molar-refractivity contribution in [2.75, 3.05) is 26.2 Å². The molecular formula is C23H36ClN3O. The van der Waals surface area contributed by atoms with Crippen LogP contribution in [-0.4, -0.2) is 53.5 Å². The fourth-order valence-corrected chi connectivity index (χ4v) is 5.55. The van der Waals surface area contributed by atoms with Gasteiger partial charge in [0, 0.05) is 43.7 Å².